The van der Waals surface area contributed by atoms with E-state index >= 15 is 0 Å². The van der Waals surface area contributed by atoms with Crippen molar-refractivity contribution in [3.63, 3.8) is 0 Å². The van der Waals surface area contributed by atoms with E-state index in [1.807, 2.05) is 0 Å². The highest BCUT2D eigenvalue weighted by Gasteiger charge is 2.69. The van der Waals surface area contributed by atoms with Crippen molar-refractivity contribution in [3.05, 3.63) is 24.8 Å². The number of rotatable bonds is 3. The number of hydrogen-bond acceptors (Lipinski definition) is 4. The molecule has 0 aromatic rings. The minimum absolute atomic E-state index is 0.102. The molecule has 0 amide bonds. The van der Waals surface area contributed by atoms with Crippen LogP contribution in [0.15, 0.2) is 24.8 Å². The molecule has 2 fully saturated rings. The lowest BCUT2D eigenvalue weighted by Crippen LogP contribution is -2.58. The molecule has 2 saturated carbocycles. The topological polar surface area (TPSA) is 52.6 Å². The fourth-order valence-corrected chi connectivity index (χ4v) is 2.77. The van der Waals surface area contributed by atoms with Gasteiger partial charge in [0.2, 0.25) is 0 Å². The number of ketones is 1. The van der Waals surface area contributed by atoms with Crippen LogP contribution in [0.4, 0.5) is 4.79 Å². The van der Waals surface area contributed by atoms with Gasteiger partial charge in [0.15, 0.2) is 0 Å². The Balaban J connectivity index is 2.11. The van der Waals surface area contributed by atoms with Crippen LogP contribution in [0.25, 0.3) is 0 Å². The smallest absolute Gasteiger partial charge is 0.430 e. The van der Waals surface area contributed by atoms with Gasteiger partial charge in [0.1, 0.15) is 18.0 Å². The summed E-state index contributed by atoms with van der Waals surface area (Å²) in [6.45, 7) is 9.23. The Morgan fingerprint density at radius 2 is 2.29 bits per heavy atom. The maximum Gasteiger partial charge on any atom is 0.509 e. The van der Waals surface area contributed by atoms with E-state index < -0.39 is 17.2 Å². The van der Waals surface area contributed by atoms with Gasteiger partial charge in [-0.25, -0.2) is 4.79 Å². The van der Waals surface area contributed by atoms with E-state index in [0.717, 1.165) is 5.57 Å². The van der Waals surface area contributed by atoms with Crippen LogP contribution in [0.3, 0.4) is 0 Å². The lowest BCUT2D eigenvalue weighted by Gasteiger charge is -2.52. The minimum Gasteiger partial charge on any atom is -0.430 e. The van der Waals surface area contributed by atoms with E-state index in [0.29, 0.717) is 19.3 Å². The number of hydrogen-bond donors (Lipinski definition) is 0. The van der Waals surface area contributed by atoms with Gasteiger partial charge in [-0.15, -0.1) is 0 Å². The number of Topliss-reactive ketones (excluding diaryl/α,β-unsaturated/α-hetero) is 1. The molecule has 17 heavy (non-hydrogen) atoms. The van der Waals surface area contributed by atoms with Crippen molar-refractivity contribution >= 4 is 11.9 Å². The summed E-state index contributed by atoms with van der Waals surface area (Å²) < 4.78 is 10.1. The number of carbonyl (C=O) groups excluding carboxylic acids is 2. The SMILES string of the molecule is C=CCOC(=O)OC12CCC(=O)C1(C)C(=C)C2. The molecule has 0 heterocycles. The summed E-state index contributed by atoms with van der Waals surface area (Å²) in [6.07, 6.45) is 2.28. The third-order valence-electron chi connectivity index (χ3n) is 4.03. The van der Waals surface area contributed by atoms with Crippen LogP contribution >= 0.6 is 0 Å². The van der Waals surface area contributed by atoms with E-state index in [2.05, 4.69) is 13.2 Å². The second kappa shape index (κ2) is 3.72. The standard InChI is InChI=1S/C13H16O4/c1-4-7-16-11(15)17-13-6-5-10(14)12(13,3)9(2)8-13/h4H,1-2,5-8H2,3H3. The molecular formula is C13H16O4. The summed E-state index contributed by atoms with van der Waals surface area (Å²) in [5.74, 6) is 0.102. The van der Waals surface area contributed by atoms with Gasteiger partial charge in [0.05, 0.1) is 5.41 Å². The molecule has 0 radical (unpaired) electrons. The quantitative estimate of drug-likeness (QED) is 0.557. The Bertz CT molecular complexity index is 412. The monoisotopic (exact) mass is 236 g/mol. The van der Waals surface area contributed by atoms with E-state index in [-0.39, 0.29) is 12.4 Å². The normalized spacial score (nSPS) is 34.9. The Morgan fingerprint density at radius 1 is 1.59 bits per heavy atom. The summed E-state index contributed by atoms with van der Waals surface area (Å²) in [5.41, 5.74) is -0.587. The molecule has 2 rings (SSSR count). The molecule has 0 aromatic carbocycles. The van der Waals surface area contributed by atoms with Crippen LogP contribution in [0, 0.1) is 5.41 Å². The average molecular weight is 236 g/mol. The largest absolute Gasteiger partial charge is 0.509 e. The average Bonchev–Trinajstić information content (AvgIpc) is 2.49. The predicted molar refractivity (Wildman–Crippen MR) is 61.5 cm³/mol. The van der Waals surface area contributed by atoms with E-state index in [1.54, 1.807) is 6.92 Å². The molecule has 0 saturated heterocycles. The van der Waals surface area contributed by atoms with Gasteiger partial charge in [-0.2, -0.15) is 0 Å². The molecule has 2 atom stereocenters. The Morgan fingerprint density at radius 3 is 2.88 bits per heavy atom. The van der Waals surface area contributed by atoms with Crippen LogP contribution in [-0.2, 0) is 14.3 Å². The van der Waals surface area contributed by atoms with Crippen molar-refractivity contribution in [2.75, 3.05) is 6.61 Å². The Labute approximate surface area is 100 Å². The Kier molecular flexibility index (Phi) is 2.60. The van der Waals surface area contributed by atoms with Crippen LogP contribution < -0.4 is 0 Å². The highest BCUT2D eigenvalue weighted by atomic mass is 16.7. The predicted octanol–water partition coefficient (Wildman–Crippen LogP) is 2.39. The van der Waals surface area contributed by atoms with Crippen molar-refractivity contribution < 1.29 is 19.1 Å². The van der Waals surface area contributed by atoms with Gasteiger partial charge in [-0.1, -0.05) is 24.8 Å². The molecule has 0 bridgehead atoms. The molecule has 2 aliphatic rings. The summed E-state index contributed by atoms with van der Waals surface area (Å²) in [5, 5.41) is 0. The fraction of sp³-hybridized carbons (Fsp3) is 0.538. The molecular weight excluding hydrogens is 220 g/mol. The van der Waals surface area contributed by atoms with E-state index in [1.165, 1.54) is 6.08 Å². The maximum atomic E-state index is 11.9. The molecule has 0 aliphatic heterocycles. The molecule has 4 heteroatoms. The summed E-state index contributed by atoms with van der Waals surface area (Å²) >= 11 is 0. The van der Waals surface area contributed by atoms with Gasteiger partial charge >= 0.3 is 6.16 Å². The summed E-state index contributed by atoms with van der Waals surface area (Å²) in [4.78, 5) is 23.3. The first-order chi connectivity index (χ1) is 7.96. The lowest BCUT2D eigenvalue weighted by atomic mass is 9.56. The van der Waals surface area contributed by atoms with Crippen LogP contribution in [0.1, 0.15) is 26.2 Å². The van der Waals surface area contributed by atoms with Crippen molar-refractivity contribution in [2.24, 2.45) is 5.41 Å². The van der Waals surface area contributed by atoms with Crippen LogP contribution in [0.2, 0.25) is 0 Å². The number of fused-ring (bicyclic) bond motifs is 1. The fourth-order valence-electron chi connectivity index (χ4n) is 2.77. The van der Waals surface area contributed by atoms with Gasteiger partial charge < -0.3 is 9.47 Å². The summed E-state index contributed by atoms with van der Waals surface area (Å²) in [6, 6.07) is 0. The van der Waals surface area contributed by atoms with Crippen molar-refractivity contribution in [2.45, 2.75) is 31.8 Å². The number of carbonyl (C=O) groups is 2. The highest BCUT2D eigenvalue weighted by molar-refractivity contribution is 5.94. The van der Waals surface area contributed by atoms with E-state index in [4.69, 9.17) is 9.47 Å². The van der Waals surface area contributed by atoms with Crippen molar-refractivity contribution in [1.82, 2.24) is 0 Å². The first-order valence-electron chi connectivity index (χ1n) is 5.64. The van der Waals surface area contributed by atoms with Gasteiger partial charge in [0.25, 0.3) is 0 Å². The third kappa shape index (κ3) is 1.43. The summed E-state index contributed by atoms with van der Waals surface area (Å²) in [7, 11) is 0. The first kappa shape index (κ1) is 11.9. The molecule has 4 nitrogen and oxygen atoms in total. The zero-order chi connectivity index (χ0) is 12.7. The van der Waals surface area contributed by atoms with Gasteiger partial charge in [0, 0.05) is 12.8 Å². The van der Waals surface area contributed by atoms with Crippen molar-refractivity contribution in [1.29, 1.82) is 0 Å². The molecule has 2 aliphatic carbocycles. The van der Waals surface area contributed by atoms with Gasteiger partial charge in [-0.3, -0.25) is 4.79 Å². The van der Waals surface area contributed by atoms with Crippen molar-refractivity contribution in [3.8, 4) is 0 Å². The minimum atomic E-state index is -0.738. The molecule has 0 spiro atoms. The lowest BCUT2D eigenvalue weighted by molar-refractivity contribution is -0.145. The zero-order valence-corrected chi connectivity index (χ0v) is 9.95. The maximum absolute atomic E-state index is 11.9. The van der Waals surface area contributed by atoms with Crippen LogP contribution in [-0.4, -0.2) is 24.1 Å². The second-order valence-electron chi connectivity index (χ2n) is 4.77. The number of ether oxygens (including phenoxy) is 2. The third-order valence-corrected chi connectivity index (χ3v) is 4.03. The first-order valence-corrected chi connectivity index (χ1v) is 5.64. The molecule has 0 N–H and O–H groups in total. The Hall–Kier alpha value is -1.58. The second-order valence-corrected chi connectivity index (χ2v) is 4.77. The molecule has 92 valence electrons. The molecule has 2 unspecified atom stereocenters. The van der Waals surface area contributed by atoms with E-state index in [9.17, 15) is 9.59 Å². The van der Waals surface area contributed by atoms with Gasteiger partial charge in [-0.05, 0) is 13.3 Å². The zero-order valence-electron chi connectivity index (χ0n) is 9.95. The highest BCUT2D eigenvalue weighted by Crippen LogP contribution is 2.63. The van der Waals surface area contributed by atoms with Crippen LogP contribution in [0.5, 0.6) is 0 Å². The molecule has 0 aromatic heterocycles.